The largest absolute Gasteiger partial charge is 0.354 e. The summed E-state index contributed by atoms with van der Waals surface area (Å²) in [6.45, 7) is 4.73. The second-order valence-corrected chi connectivity index (χ2v) is 15.9. The van der Waals surface area contributed by atoms with Crippen LogP contribution in [0.1, 0.15) is 25.0 Å². The van der Waals surface area contributed by atoms with Crippen LogP contribution in [0.25, 0.3) is 53.2 Å². The van der Waals surface area contributed by atoms with E-state index in [2.05, 4.69) is 195 Å². The lowest BCUT2D eigenvalue weighted by Crippen LogP contribution is -2.45. The lowest BCUT2D eigenvalue weighted by molar-refractivity contribution is 0.632. The number of hydrogen-bond acceptors (Lipinski definition) is 3. The Hall–Kier alpha value is -6.10. The fraction of sp³-hybridized carbons (Fsp3) is 0.0612. The zero-order chi connectivity index (χ0) is 35.3. The standard InChI is InChI=1S/C49H34BN2S/c1-49(2)37-20-9-10-24-42(37)52-43-29-32-16-6-7-17-33(32)45(46(43)50-39-22-13-21-38(49)47(39)52)36-27-26-31(30-14-4-3-5-15-30)28-41(36)51-40-23-12-19-35-34-18-8-11-25-44(34)53-48(35)40/h3-29,51H,1-2H3. The van der Waals surface area contributed by atoms with Crippen LogP contribution in [-0.2, 0) is 5.41 Å². The van der Waals surface area contributed by atoms with Crippen LogP contribution in [0.15, 0.2) is 164 Å². The molecule has 53 heavy (non-hydrogen) atoms. The second-order valence-electron chi connectivity index (χ2n) is 14.8. The molecule has 1 N–H and O–H groups in total. The number of fused-ring (bicyclic) bond motifs is 8. The Morgan fingerprint density at radius 3 is 2.21 bits per heavy atom. The summed E-state index contributed by atoms with van der Waals surface area (Å²) in [5, 5.41) is 9.08. The van der Waals surface area contributed by atoms with Crippen molar-refractivity contribution in [2.24, 2.45) is 0 Å². The smallest absolute Gasteiger partial charge is 0.197 e. The minimum Gasteiger partial charge on any atom is -0.354 e. The van der Waals surface area contributed by atoms with Crippen molar-refractivity contribution in [3.63, 3.8) is 0 Å². The van der Waals surface area contributed by atoms with E-state index in [1.165, 1.54) is 92.3 Å². The molecule has 0 aliphatic carbocycles. The Morgan fingerprint density at radius 1 is 0.566 bits per heavy atom. The molecule has 3 heterocycles. The molecule has 0 bridgehead atoms. The minimum atomic E-state index is -0.124. The van der Waals surface area contributed by atoms with E-state index in [0.29, 0.717) is 0 Å². The van der Waals surface area contributed by atoms with Crippen molar-refractivity contribution in [3.05, 3.63) is 175 Å². The first kappa shape index (κ1) is 30.5. The van der Waals surface area contributed by atoms with Gasteiger partial charge in [-0.2, -0.15) is 0 Å². The molecule has 0 fully saturated rings. The summed E-state index contributed by atoms with van der Waals surface area (Å²) in [5.74, 6) is 0. The number of hydrogen-bond donors (Lipinski definition) is 1. The number of anilines is 5. The lowest BCUT2D eigenvalue weighted by Gasteiger charge is -2.46. The summed E-state index contributed by atoms with van der Waals surface area (Å²) >= 11 is 1.86. The normalized spacial score (nSPS) is 13.7. The number of para-hydroxylation sites is 2. The number of thiophene rings is 1. The molecule has 2 nitrogen and oxygen atoms in total. The van der Waals surface area contributed by atoms with Gasteiger partial charge in [-0.05, 0) is 74.4 Å². The molecular formula is C49H34BN2S. The van der Waals surface area contributed by atoms with Crippen molar-refractivity contribution >= 4 is 88.9 Å². The maximum absolute atomic E-state index is 4.03. The van der Waals surface area contributed by atoms with Crippen LogP contribution in [-0.4, -0.2) is 7.28 Å². The average Bonchev–Trinajstić information content (AvgIpc) is 3.59. The molecule has 0 spiro atoms. The van der Waals surface area contributed by atoms with Crippen molar-refractivity contribution < 1.29 is 0 Å². The molecule has 11 rings (SSSR count). The first-order valence-electron chi connectivity index (χ1n) is 18.4. The monoisotopic (exact) mass is 693 g/mol. The van der Waals surface area contributed by atoms with E-state index in [4.69, 9.17) is 0 Å². The third-order valence-corrected chi connectivity index (χ3v) is 12.7. The molecule has 0 unspecified atom stereocenters. The summed E-state index contributed by atoms with van der Waals surface area (Å²) in [6, 6.07) is 60.2. The highest BCUT2D eigenvalue weighted by molar-refractivity contribution is 7.26. The lowest BCUT2D eigenvalue weighted by atomic mass is 9.55. The van der Waals surface area contributed by atoms with Crippen LogP contribution in [0.5, 0.6) is 0 Å². The predicted molar refractivity (Wildman–Crippen MR) is 229 cm³/mol. The van der Waals surface area contributed by atoms with E-state index < -0.39 is 0 Å². The van der Waals surface area contributed by atoms with Crippen LogP contribution in [0.4, 0.5) is 28.4 Å². The van der Waals surface area contributed by atoms with Crippen LogP contribution in [0, 0.1) is 0 Å². The van der Waals surface area contributed by atoms with E-state index in [1.807, 2.05) is 11.3 Å². The molecule has 1 radical (unpaired) electrons. The summed E-state index contributed by atoms with van der Waals surface area (Å²) in [5.41, 5.74) is 15.8. The topological polar surface area (TPSA) is 15.3 Å². The predicted octanol–water partition coefficient (Wildman–Crippen LogP) is 12.4. The van der Waals surface area contributed by atoms with Gasteiger partial charge in [0.2, 0.25) is 0 Å². The molecule has 1 aromatic heterocycles. The van der Waals surface area contributed by atoms with Crippen molar-refractivity contribution in [2.75, 3.05) is 10.2 Å². The van der Waals surface area contributed by atoms with Gasteiger partial charge in [-0.3, -0.25) is 0 Å². The van der Waals surface area contributed by atoms with Crippen molar-refractivity contribution in [3.8, 4) is 22.3 Å². The number of nitrogens with one attached hydrogen (secondary N) is 1. The Morgan fingerprint density at radius 2 is 1.30 bits per heavy atom. The van der Waals surface area contributed by atoms with Crippen LogP contribution in [0.3, 0.4) is 0 Å². The van der Waals surface area contributed by atoms with Crippen molar-refractivity contribution in [2.45, 2.75) is 19.3 Å². The van der Waals surface area contributed by atoms with E-state index >= 15 is 0 Å². The van der Waals surface area contributed by atoms with E-state index in [9.17, 15) is 0 Å². The van der Waals surface area contributed by atoms with Crippen LogP contribution >= 0.6 is 11.3 Å². The Bertz CT molecular complexity index is 2940. The van der Waals surface area contributed by atoms with Gasteiger partial charge in [0.15, 0.2) is 7.28 Å². The van der Waals surface area contributed by atoms with Gasteiger partial charge >= 0.3 is 0 Å². The molecule has 4 heteroatoms. The molecule has 0 atom stereocenters. The minimum absolute atomic E-state index is 0.124. The van der Waals surface area contributed by atoms with Gasteiger partial charge in [0, 0.05) is 43.5 Å². The molecule has 8 aromatic carbocycles. The third-order valence-electron chi connectivity index (χ3n) is 11.5. The maximum atomic E-state index is 4.03. The Labute approximate surface area is 314 Å². The van der Waals surface area contributed by atoms with Gasteiger partial charge in [-0.25, -0.2) is 0 Å². The molecular weight excluding hydrogens is 659 g/mol. The summed E-state index contributed by atoms with van der Waals surface area (Å²) in [6.07, 6.45) is 0. The Kier molecular flexibility index (Phi) is 6.60. The Balaban J connectivity index is 1.19. The molecule has 0 amide bonds. The van der Waals surface area contributed by atoms with Gasteiger partial charge in [-0.1, -0.05) is 153 Å². The zero-order valence-corrected chi connectivity index (χ0v) is 30.3. The maximum Gasteiger partial charge on any atom is 0.197 e. The first-order chi connectivity index (χ1) is 26.0. The molecule has 2 aliphatic heterocycles. The highest BCUT2D eigenvalue weighted by atomic mass is 32.1. The van der Waals surface area contributed by atoms with Crippen molar-refractivity contribution in [1.82, 2.24) is 0 Å². The van der Waals surface area contributed by atoms with E-state index in [-0.39, 0.29) is 5.41 Å². The van der Waals surface area contributed by atoms with Gasteiger partial charge < -0.3 is 10.2 Å². The molecule has 9 aromatic rings. The fourth-order valence-corrected chi connectivity index (χ4v) is 10.1. The summed E-state index contributed by atoms with van der Waals surface area (Å²) in [4.78, 5) is 2.54. The number of rotatable bonds is 4. The average molecular weight is 694 g/mol. The van der Waals surface area contributed by atoms with E-state index in [1.54, 1.807) is 0 Å². The van der Waals surface area contributed by atoms with Crippen molar-refractivity contribution in [1.29, 1.82) is 0 Å². The van der Waals surface area contributed by atoms with Gasteiger partial charge in [-0.15, -0.1) is 11.3 Å². The van der Waals surface area contributed by atoms with Gasteiger partial charge in [0.25, 0.3) is 0 Å². The number of nitrogens with zero attached hydrogens (tertiary/aromatic N) is 1. The molecule has 0 saturated heterocycles. The highest BCUT2D eigenvalue weighted by Gasteiger charge is 2.41. The third kappa shape index (κ3) is 4.52. The van der Waals surface area contributed by atoms with Gasteiger partial charge in [0.1, 0.15) is 0 Å². The summed E-state index contributed by atoms with van der Waals surface area (Å²) < 4.78 is 2.57. The quantitative estimate of drug-likeness (QED) is 0.185. The van der Waals surface area contributed by atoms with Crippen LogP contribution in [0.2, 0.25) is 0 Å². The van der Waals surface area contributed by atoms with E-state index in [0.717, 1.165) is 11.4 Å². The fourth-order valence-electron chi connectivity index (χ4n) is 8.94. The van der Waals surface area contributed by atoms with Gasteiger partial charge in [0.05, 0.1) is 16.1 Å². The van der Waals surface area contributed by atoms with Crippen LogP contribution < -0.4 is 21.1 Å². The first-order valence-corrected chi connectivity index (χ1v) is 19.2. The SMILES string of the molecule is CC1(C)c2ccccc2N2c3cc4ccccc4c(-c4ccc(-c5ccccc5)cc4Nc4cccc5c4sc4ccccc45)c3[B]c3cccc1c32. The highest BCUT2D eigenvalue weighted by Crippen LogP contribution is 2.53. The summed E-state index contributed by atoms with van der Waals surface area (Å²) in [7, 11) is 2.44. The zero-order valence-electron chi connectivity index (χ0n) is 29.5. The second kappa shape index (κ2) is 11.5. The molecule has 249 valence electrons. The molecule has 0 saturated carbocycles. The number of benzene rings is 8. The molecule has 2 aliphatic rings.